The minimum Gasteiger partial charge on any atom is -0.404 e. The first-order chi connectivity index (χ1) is 11.2. The van der Waals surface area contributed by atoms with Crippen LogP contribution in [0.3, 0.4) is 0 Å². The van der Waals surface area contributed by atoms with Gasteiger partial charge < -0.3 is 9.32 Å². The van der Waals surface area contributed by atoms with Gasteiger partial charge in [0, 0.05) is 30.1 Å². The van der Waals surface area contributed by atoms with E-state index in [2.05, 4.69) is 9.88 Å². The third-order valence-corrected chi connectivity index (χ3v) is 4.46. The summed E-state index contributed by atoms with van der Waals surface area (Å²) < 4.78 is 5.37. The van der Waals surface area contributed by atoms with Crippen molar-refractivity contribution in [3.8, 4) is 11.1 Å². The van der Waals surface area contributed by atoms with Gasteiger partial charge in [-0.05, 0) is 43.0 Å². The second-order valence-corrected chi connectivity index (χ2v) is 6.01. The van der Waals surface area contributed by atoms with Crippen LogP contribution < -0.4 is 10.5 Å². The number of rotatable bonds is 2. The highest BCUT2D eigenvalue weighted by Crippen LogP contribution is 2.30. The van der Waals surface area contributed by atoms with Crippen LogP contribution in [-0.2, 0) is 0 Å². The molecule has 1 aromatic carbocycles. The Kier molecular flexibility index (Phi) is 3.37. The van der Waals surface area contributed by atoms with Crippen molar-refractivity contribution in [2.75, 3.05) is 18.0 Å². The zero-order valence-electron chi connectivity index (χ0n) is 13.1. The van der Waals surface area contributed by atoms with Crippen molar-refractivity contribution >= 4 is 16.9 Å². The largest absolute Gasteiger partial charge is 0.404 e. The Balaban J connectivity index is 1.92. The van der Waals surface area contributed by atoms with E-state index < -0.39 is 0 Å². The van der Waals surface area contributed by atoms with Gasteiger partial charge in [-0.1, -0.05) is 24.3 Å². The smallest absolute Gasteiger partial charge is 0.338 e. The van der Waals surface area contributed by atoms with Crippen molar-refractivity contribution < 1.29 is 4.42 Å². The zero-order chi connectivity index (χ0) is 15.8. The molecular formula is C19H18N2O2. The van der Waals surface area contributed by atoms with E-state index in [1.165, 1.54) is 12.8 Å². The monoisotopic (exact) mass is 306 g/mol. The molecule has 0 spiro atoms. The molecule has 4 heteroatoms. The lowest BCUT2D eigenvalue weighted by atomic mass is 9.99. The summed E-state index contributed by atoms with van der Waals surface area (Å²) >= 11 is 0. The van der Waals surface area contributed by atoms with E-state index in [0.717, 1.165) is 41.0 Å². The van der Waals surface area contributed by atoms with Gasteiger partial charge in [0.05, 0.1) is 0 Å². The van der Waals surface area contributed by atoms with Gasteiger partial charge in [0.25, 0.3) is 0 Å². The van der Waals surface area contributed by atoms with Crippen molar-refractivity contribution in [1.29, 1.82) is 0 Å². The molecule has 0 radical (unpaired) electrons. The van der Waals surface area contributed by atoms with Crippen LogP contribution in [0.15, 0.2) is 51.7 Å². The van der Waals surface area contributed by atoms with Crippen LogP contribution in [0.25, 0.3) is 22.2 Å². The predicted molar refractivity (Wildman–Crippen MR) is 91.9 cm³/mol. The SMILES string of the molecule is Cc1ccccc1-c1cc(=O)oc2nc(N3CCCC3)ccc12. The Morgan fingerprint density at radius 2 is 1.83 bits per heavy atom. The molecule has 4 nitrogen and oxygen atoms in total. The van der Waals surface area contributed by atoms with E-state index in [0.29, 0.717) is 5.71 Å². The standard InChI is InChI=1S/C19H18N2O2/c1-13-6-2-3-7-14(13)16-12-18(22)23-19-15(16)8-9-17(20-19)21-10-4-5-11-21/h2-3,6-9,12H,4-5,10-11H2,1H3. The molecule has 0 unspecified atom stereocenters. The highest BCUT2D eigenvalue weighted by Gasteiger charge is 2.16. The molecule has 0 aliphatic carbocycles. The lowest BCUT2D eigenvalue weighted by Gasteiger charge is -2.16. The molecule has 3 aromatic rings. The lowest BCUT2D eigenvalue weighted by molar-refractivity contribution is 0.550. The summed E-state index contributed by atoms with van der Waals surface area (Å²) in [6, 6.07) is 13.6. The summed E-state index contributed by atoms with van der Waals surface area (Å²) in [6.07, 6.45) is 2.37. The zero-order valence-corrected chi connectivity index (χ0v) is 13.1. The molecular weight excluding hydrogens is 288 g/mol. The number of hydrogen-bond acceptors (Lipinski definition) is 4. The number of pyridine rings is 1. The van der Waals surface area contributed by atoms with E-state index in [4.69, 9.17) is 4.42 Å². The van der Waals surface area contributed by atoms with E-state index in [1.54, 1.807) is 6.07 Å². The van der Waals surface area contributed by atoms with Crippen LogP contribution in [0.4, 0.5) is 5.82 Å². The summed E-state index contributed by atoms with van der Waals surface area (Å²) in [5, 5.41) is 0.877. The summed E-state index contributed by atoms with van der Waals surface area (Å²) in [5.41, 5.74) is 3.11. The Bertz CT molecular complexity index is 924. The second-order valence-electron chi connectivity index (χ2n) is 6.01. The summed E-state index contributed by atoms with van der Waals surface area (Å²) in [4.78, 5) is 18.8. The second kappa shape index (κ2) is 5.54. The Morgan fingerprint density at radius 3 is 2.61 bits per heavy atom. The van der Waals surface area contributed by atoms with E-state index in [9.17, 15) is 4.79 Å². The number of fused-ring (bicyclic) bond motifs is 1. The molecule has 0 amide bonds. The third kappa shape index (κ3) is 2.50. The molecule has 2 aromatic heterocycles. The van der Waals surface area contributed by atoms with Crippen molar-refractivity contribution in [3.63, 3.8) is 0 Å². The van der Waals surface area contributed by atoms with Crippen LogP contribution in [0.5, 0.6) is 0 Å². The molecule has 1 aliphatic heterocycles. The Labute approximate surface area is 134 Å². The van der Waals surface area contributed by atoms with Crippen LogP contribution >= 0.6 is 0 Å². The number of aryl methyl sites for hydroxylation is 1. The van der Waals surface area contributed by atoms with Crippen LogP contribution in [0, 0.1) is 6.92 Å². The fraction of sp³-hybridized carbons (Fsp3) is 0.263. The molecule has 0 N–H and O–H groups in total. The quantitative estimate of drug-likeness (QED) is 0.723. The van der Waals surface area contributed by atoms with Gasteiger partial charge in [0.1, 0.15) is 5.82 Å². The first-order valence-corrected chi connectivity index (χ1v) is 7.98. The maximum absolute atomic E-state index is 12.0. The average Bonchev–Trinajstić information content (AvgIpc) is 3.08. The van der Waals surface area contributed by atoms with Crippen molar-refractivity contribution in [3.05, 3.63) is 58.4 Å². The van der Waals surface area contributed by atoms with Crippen LogP contribution in [-0.4, -0.2) is 18.1 Å². The van der Waals surface area contributed by atoms with Crippen molar-refractivity contribution in [2.24, 2.45) is 0 Å². The maximum Gasteiger partial charge on any atom is 0.338 e. The van der Waals surface area contributed by atoms with E-state index >= 15 is 0 Å². The number of aromatic nitrogens is 1. The van der Waals surface area contributed by atoms with Gasteiger partial charge >= 0.3 is 5.63 Å². The molecule has 1 fully saturated rings. The molecule has 0 bridgehead atoms. The molecule has 3 heterocycles. The van der Waals surface area contributed by atoms with Crippen molar-refractivity contribution in [1.82, 2.24) is 4.98 Å². The van der Waals surface area contributed by atoms with E-state index in [1.807, 2.05) is 43.3 Å². The normalized spacial score (nSPS) is 14.6. The molecule has 0 saturated carbocycles. The lowest BCUT2D eigenvalue weighted by Crippen LogP contribution is -2.18. The first kappa shape index (κ1) is 14.0. The average molecular weight is 306 g/mol. The van der Waals surface area contributed by atoms with E-state index in [-0.39, 0.29) is 5.63 Å². The summed E-state index contributed by atoms with van der Waals surface area (Å²) in [5.74, 6) is 0.889. The third-order valence-electron chi connectivity index (χ3n) is 4.46. The minimum absolute atomic E-state index is 0.359. The molecule has 1 saturated heterocycles. The number of benzene rings is 1. The number of hydrogen-bond donors (Lipinski definition) is 0. The molecule has 0 atom stereocenters. The Hall–Kier alpha value is -2.62. The fourth-order valence-corrected chi connectivity index (χ4v) is 3.25. The first-order valence-electron chi connectivity index (χ1n) is 7.98. The highest BCUT2D eigenvalue weighted by molar-refractivity contribution is 5.92. The Morgan fingerprint density at radius 1 is 1.04 bits per heavy atom. The fourth-order valence-electron chi connectivity index (χ4n) is 3.25. The van der Waals surface area contributed by atoms with Gasteiger partial charge in [-0.25, -0.2) is 4.79 Å². The summed E-state index contributed by atoms with van der Waals surface area (Å²) in [6.45, 7) is 4.07. The van der Waals surface area contributed by atoms with Crippen LogP contribution in [0.1, 0.15) is 18.4 Å². The van der Waals surface area contributed by atoms with Crippen molar-refractivity contribution in [2.45, 2.75) is 19.8 Å². The molecule has 23 heavy (non-hydrogen) atoms. The van der Waals surface area contributed by atoms with Gasteiger partial charge in [-0.2, -0.15) is 4.98 Å². The number of anilines is 1. The highest BCUT2D eigenvalue weighted by atomic mass is 16.4. The van der Waals surface area contributed by atoms with Crippen LogP contribution in [0.2, 0.25) is 0 Å². The maximum atomic E-state index is 12.0. The van der Waals surface area contributed by atoms with Gasteiger partial charge in [0.15, 0.2) is 0 Å². The molecule has 116 valence electrons. The molecule has 4 rings (SSSR count). The predicted octanol–water partition coefficient (Wildman–Crippen LogP) is 3.76. The topological polar surface area (TPSA) is 46.3 Å². The van der Waals surface area contributed by atoms with Gasteiger partial charge in [-0.3, -0.25) is 0 Å². The van der Waals surface area contributed by atoms with Gasteiger partial charge in [-0.15, -0.1) is 0 Å². The summed E-state index contributed by atoms with van der Waals surface area (Å²) in [7, 11) is 0. The molecule has 1 aliphatic rings. The minimum atomic E-state index is -0.359. The van der Waals surface area contributed by atoms with Gasteiger partial charge in [0.2, 0.25) is 5.71 Å². The number of nitrogens with zero attached hydrogens (tertiary/aromatic N) is 2.